The van der Waals surface area contributed by atoms with Crippen LogP contribution in [0.2, 0.25) is 5.02 Å². The van der Waals surface area contributed by atoms with Crippen LogP contribution in [0, 0.1) is 0 Å². The Kier molecular flexibility index (Phi) is 3.74. The maximum absolute atomic E-state index is 6.01. The lowest BCUT2D eigenvalue weighted by molar-refractivity contribution is -0.0111. The van der Waals surface area contributed by atoms with E-state index in [-0.39, 0.29) is 11.7 Å². The molecule has 4 heteroatoms. The topological polar surface area (TPSA) is 38.5 Å². The van der Waals surface area contributed by atoms with E-state index in [4.69, 9.17) is 22.1 Å². The number of benzene rings is 1. The molecule has 0 saturated carbocycles. The number of halogens is 1. The van der Waals surface area contributed by atoms with Gasteiger partial charge in [0.15, 0.2) is 0 Å². The molecular formula is C14H21ClN2O. The van der Waals surface area contributed by atoms with Gasteiger partial charge in [0.2, 0.25) is 0 Å². The van der Waals surface area contributed by atoms with E-state index in [1.807, 2.05) is 25.2 Å². The zero-order chi connectivity index (χ0) is 13.3. The van der Waals surface area contributed by atoms with Gasteiger partial charge >= 0.3 is 0 Å². The average molecular weight is 269 g/mol. The first kappa shape index (κ1) is 13.5. The molecule has 1 aromatic rings. The van der Waals surface area contributed by atoms with Crippen LogP contribution in [-0.4, -0.2) is 25.3 Å². The van der Waals surface area contributed by atoms with Crippen LogP contribution in [0.15, 0.2) is 18.2 Å². The summed E-state index contributed by atoms with van der Waals surface area (Å²) in [6.07, 6.45) is 2.47. The second kappa shape index (κ2) is 4.98. The van der Waals surface area contributed by atoms with E-state index >= 15 is 0 Å². The predicted molar refractivity (Wildman–Crippen MR) is 77.3 cm³/mol. The molecule has 0 bridgehead atoms. The van der Waals surface area contributed by atoms with E-state index in [2.05, 4.69) is 18.7 Å². The van der Waals surface area contributed by atoms with Gasteiger partial charge in [-0.1, -0.05) is 11.6 Å². The molecule has 0 spiro atoms. The number of nitrogen functional groups attached to an aromatic ring is 1. The first-order valence-corrected chi connectivity index (χ1v) is 6.69. The van der Waals surface area contributed by atoms with E-state index in [1.165, 1.54) is 0 Å². The van der Waals surface area contributed by atoms with Gasteiger partial charge in [-0.15, -0.1) is 0 Å². The molecule has 18 heavy (non-hydrogen) atoms. The third-order valence-electron chi connectivity index (χ3n) is 3.44. The average Bonchev–Trinajstić information content (AvgIpc) is 2.61. The monoisotopic (exact) mass is 268 g/mol. The number of nitrogens with two attached hydrogens (primary N) is 1. The highest BCUT2D eigenvalue weighted by Gasteiger charge is 2.32. The molecular weight excluding hydrogens is 248 g/mol. The summed E-state index contributed by atoms with van der Waals surface area (Å²) in [5.41, 5.74) is 7.70. The van der Waals surface area contributed by atoms with Gasteiger partial charge in [-0.3, -0.25) is 0 Å². The molecule has 1 unspecified atom stereocenters. The molecule has 3 nitrogen and oxygen atoms in total. The van der Waals surface area contributed by atoms with E-state index in [0.717, 1.165) is 30.8 Å². The van der Waals surface area contributed by atoms with Crippen LogP contribution in [0.5, 0.6) is 0 Å². The Hall–Kier alpha value is -0.930. The fraction of sp³-hybridized carbons (Fsp3) is 0.571. The lowest BCUT2D eigenvalue weighted by atomic mass is 10.1. The minimum atomic E-state index is 0.00534. The van der Waals surface area contributed by atoms with Crippen molar-refractivity contribution in [2.24, 2.45) is 0 Å². The second-order valence-corrected chi connectivity index (χ2v) is 6.06. The van der Waals surface area contributed by atoms with Crippen molar-refractivity contribution in [3.05, 3.63) is 23.2 Å². The van der Waals surface area contributed by atoms with Gasteiger partial charge in [0.25, 0.3) is 0 Å². The summed E-state index contributed by atoms with van der Waals surface area (Å²) in [5, 5.41) is 0.707. The molecule has 1 aliphatic heterocycles. The maximum atomic E-state index is 6.01. The van der Waals surface area contributed by atoms with Crippen LogP contribution in [0.25, 0.3) is 0 Å². The lowest BCUT2D eigenvalue weighted by Gasteiger charge is -2.26. The van der Waals surface area contributed by atoms with E-state index in [9.17, 15) is 0 Å². The molecule has 1 aliphatic rings. The first-order valence-electron chi connectivity index (χ1n) is 6.31. The first-order chi connectivity index (χ1) is 8.37. The van der Waals surface area contributed by atoms with Crippen LogP contribution < -0.4 is 10.6 Å². The highest BCUT2D eigenvalue weighted by Crippen LogP contribution is 2.32. The van der Waals surface area contributed by atoms with Crippen molar-refractivity contribution in [3.8, 4) is 0 Å². The van der Waals surface area contributed by atoms with Gasteiger partial charge in [0, 0.05) is 18.6 Å². The molecule has 1 saturated heterocycles. The Morgan fingerprint density at radius 1 is 1.50 bits per heavy atom. The minimum absolute atomic E-state index is 0.00534. The molecule has 1 aromatic carbocycles. The van der Waals surface area contributed by atoms with Crippen LogP contribution in [-0.2, 0) is 4.74 Å². The minimum Gasteiger partial charge on any atom is -0.397 e. The smallest absolute Gasteiger partial charge is 0.0758 e. The van der Waals surface area contributed by atoms with E-state index in [0.29, 0.717) is 5.02 Å². The van der Waals surface area contributed by atoms with Crippen molar-refractivity contribution in [2.75, 3.05) is 24.2 Å². The molecule has 0 radical (unpaired) electrons. The van der Waals surface area contributed by atoms with Crippen molar-refractivity contribution < 1.29 is 4.74 Å². The Balaban J connectivity index is 2.04. The van der Waals surface area contributed by atoms with Gasteiger partial charge in [0.1, 0.15) is 0 Å². The fourth-order valence-corrected chi connectivity index (χ4v) is 2.62. The number of ether oxygens (including phenoxy) is 1. The Morgan fingerprint density at radius 2 is 2.22 bits per heavy atom. The summed E-state index contributed by atoms with van der Waals surface area (Å²) in [6.45, 7) is 5.12. The standard InChI is InChI=1S/C14H21ClN2O/c1-14(2)7-6-11(18-14)9-17(3)13-8-10(15)4-5-12(13)16/h4-5,8,11H,6-7,9,16H2,1-3H3. The third kappa shape index (κ3) is 3.09. The molecule has 0 aliphatic carbocycles. The summed E-state index contributed by atoms with van der Waals surface area (Å²) >= 11 is 6.01. The largest absolute Gasteiger partial charge is 0.397 e. The van der Waals surface area contributed by atoms with Gasteiger partial charge < -0.3 is 15.4 Å². The predicted octanol–water partition coefficient (Wildman–Crippen LogP) is 3.32. The Bertz CT molecular complexity index is 434. The lowest BCUT2D eigenvalue weighted by Crippen LogP contribution is -2.31. The number of likely N-dealkylation sites (N-methyl/N-ethyl adjacent to an activating group) is 1. The SMILES string of the molecule is CN(CC1CCC(C)(C)O1)c1cc(Cl)ccc1N. The van der Waals surface area contributed by atoms with Crippen molar-refractivity contribution in [2.45, 2.75) is 38.4 Å². The summed E-state index contributed by atoms with van der Waals surface area (Å²) in [6, 6.07) is 5.55. The number of rotatable bonds is 3. The van der Waals surface area contributed by atoms with Gasteiger partial charge in [0.05, 0.1) is 23.1 Å². The summed E-state index contributed by atoms with van der Waals surface area (Å²) in [7, 11) is 2.02. The summed E-state index contributed by atoms with van der Waals surface area (Å²) < 4.78 is 6.00. The van der Waals surface area contributed by atoms with E-state index < -0.39 is 0 Å². The second-order valence-electron chi connectivity index (χ2n) is 5.62. The van der Waals surface area contributed by atoms with Crippen molar-refractivity contribution in [3.63, 3.8) is 0 Å². The van der Waals surface area contributed by atoms with Crippen LogP contribution in [0.3, 0.4) is 0 Å². The number of nitrogens with zero attached hydrogens (tertiary/aromatic N) is 1. The molecule has 0 amide bonds. The molecule has 1 atom stereocenters. The number of hydrogen-bond acceptors (Lipinski definition) is 3. The zero-order valence-corrected chi connectivity index (χ0v) is 12.0. The molecule has 1 heterocycles. The van der Waals surface area contributed by atoms with Gasteiger partial charge in [-0.05, 0) is 44.9 Å². The highest BCUT2D eigenvalue weighted by molar-refractivity contribution is 6.31. The quantitative estimate of drug-likeness (QED) is 0.855. The normalized spacial score (nSPS) is 22.1. The molecule has 100 valence electrons. The highest BCUT2D eigenvalue weighted by atomic mass is 35.5. The molecule has 0 aromatic heterocycles. The number of hydrogen-bond donors (Lipinski definition) is 1. The Labute approximate surface area is 114 Å². The molecule has 1 fully saturated rings. The van der Waals surface area contributed by atoms with Gasteiger partial charge in [-0.2, -0.15) is 0 Å². The number of anilines is 2. The third-order valence-corrected chi connectivity index (χ3v) is 3.67. The van der Waals surface area contributed by atoms with Crippen LogP contribution in [0.1, 0.15) is 26.7 Å². The zero-order valence-electron chi connectivity index (χ0n) is 11.2. The van der Waals surface area contributed by atoms with Gasteiger partial charge in [-0.25, -0.2) is 0 Å². The molecule has 2 N–H and O–H groups in total. The van der Waals surface area contributed by atoms with Crippen LogP contribution in [0.4, 0.5) is 11.4 Å². The molecule has 2 rings (SSSR count). The fourth-order valence-electron chi connectivity index (χ4n) is 2.46. The summed E-state index contributed by atoms with van der Waals surface area (Å²) in [5.74, 6) is 0. The van der Waals surface area contributed by atoms with E-state index in [1.54, 1.807) is 0 Å². The Morgan fingerprint density at radius 3 is 2.83 bits per heavy atom. The van der Waals surface area contributed by atoms with Crippen molar-refractivity contribution >= 4 is 23.0 Å². The van der Waals surface area contributed by atoms with Crippen molar-refractivity contribution in [1.29, 1.82) is 0 Å². The maximum Gasteiger partial charge on any atom is 0.0758 e. The van der Waals surface area contributed by atoms with Crippen molar-refractivity contribution in [1.82, 2.24) is 0 Å². The van der Waals surface area contributed by atoms with Crippen LogP contribution >= 0.6 is 11.6 Å². The summed E-state index contributed by atoms with van der Waals surface area (Å²) in [4.78, 5) is 2.12.